The van der Waals surface area contributed by atoms with Crippen LogP contribution in [0.1, 0.15) is 27.9 Å². The van der Waals surface area contributed by atoms with Gasteiger partial charge < -0.3 is 4.90 Å². The number of carbonyl (C=O) groups is 3. The highest BCUT2D eigenvalue weighted by atomic mass is 35.5. The number of amides is 3. The zero-order valence-electron chi connectivity index (χ0n) is 18.2. The van der Waals surface area contributed by atoms with Crippen LogP contribution >= 0.6 is 11.6 Å². The summed E-state index contributed by atoms with van der Waals surface area (Å²) in [6.45, 7) is 1.84. The highest BCUT2D eigenvalue weighted by Gasteiger charge is 2.44. The number of aryl methyl sites for hydroxylation is 1. The summed E-state index contributed by atoms with van der Waals surface area (Å²) in [5.41, 5.74) is 1.76. The van der Waals surface area contributed by atoms with E-state index in [4.69, 9.17) is 11.6 Å². The summed E-state index contributed by atoms with van der Waals surface area (Å²) < 4.78 is 0. The van der Waals surface area contributed by atoms with Gasteiger partial charge in [-0.05, 0) is 36.8 Å². The normalized spacial score (nSPS) is 15.5. The zero-order valence-corrected chi connectivity index (χ0v) is 18.9. The maximum atomic E-state index is 13.5. The topological polar surface area (TPSA) is 101 Å². The highest BCUT2D eigenvalue weighted by molar-refractivity contribution is 6.31. The molecule has 0 N–H and O–H groups in total. The Bertz CT molecular complexity index is 1290. The molecular weight excluding hydrogens is 458 g/mol. The summed E-state index contributed by atoms with van der Waals surface area (Å²) >= 11 is 6.31. The molecule has 172 valence electrons. The molecule has 1 atom stereocenters. The van der Waals surface area contributed by atoms with Gasteiger partial charge in [0.2, 0.25) is 5.91 Å². The first-order valence-corrected chi connectivity index (χ1v) is 10.9. The van der Waals surface area contributed by atoms with Crippen molar-refractivity contribution in [3.8, 4) is 0 Å². The van der Waals surface area contributed by atoms with Gasteiger partial charge in [-0.3, -0.25) is 24.5 Å². The molecule has 0 spiro atoms. The van der Waals surface area contributed by atoms with Crippen molar-refractivity contribution < 1.29 is 19.3 Å². The number of halogens is 1. The van der Waals surface area contributed by atoms with E-state index in [2.05, 4.69) is 0 Å². The largest absolute Gasteiger partial charge is 0.322 e. The van der Waals surface area contributed by atoms with Crippen LogP contribution in [-0.2, 0) is 16.1 Å². The van der Waals surface area contributed by atoms with Gasteiger partial charge in [0, 0.05) is 29.3 Å². The summed E-state index contributed by atoms with van der Waals surface area (Å²) in [7, 11) is 0. The average molecular weight is 478 g/mol. The molecule has 0 aromatic heterocycles. The number of hydrogen-bond donors (Lipinski definition) is 0. The van der Waals surface area contributed by atoms with E-state index in [0.29, 0.717) is 16.3 Å². The van der Waals surface area contributed by atoms with Gasteiger partial charge in [0.15, 0.2) is 0 Å². The fourth-order valence-corrected chi connectivity index (χ4v) is 4.07. The Morgan fingerprint density at radius 3 is 2.47 bits per heavy atom. The molecule has 0 saturated carbocycles. The van der Waals surface area contributed by atoms with Crippen LogP contribution in [-0.4, -0.2) is 33.6 Å². The molecule has 34 heavy (non-hydrogen) atoms. The molecule has 0 radical (unpaired) electrons. The van der Waals surface area contributed by atoms with Gasteiger partial charge in [0.1, 0.15) is 6.04 Å². The third kappa shape index (κ3) is 4.53. The lowest BCUT2D eigenvalue weighted by atomic mass is 10.1. The Balaban J connectivity index is 1.73. The molecule has 1 unspecified atom stereocenters. The summed E-state index contributed by atoms with van der Waals surface area (Å²) in [6.07, 6.45) is -0.210. The van der Waals surface area contributed by atoms with Crippen LogP contribution in [0.3, 0.4) is 0 Å². The molecular formula is C25H20ClN3O5. The minimum Gasteiger partial charge on any atom is -0.322 e. The third-order valence-electron chi connectivity index (χ3n) is 5.65. The Kier molecular flexibility index (Phi) is 6.43. The van der Waals surface area contributed by atoms with Gasteiger partial charge in [-0.2, -0.15) is 0 Å². The SMILES string of the molecule is Cc1ccc(N2C(=O)CC(N(Cc3ccccc3Cl)C(=O)c3cccc([N+](=O)[O-])c3)C2=O)cc1. The second kappa shape index (κ2) is 9.44. The van der Waals surface area contributed by atoms with Gasteiger partial charge in [-0.15, -0.1) is 0 Å². The van der Waals surface area contributed by atoms with Crippen molar-refractivity contribution in [1.82, 2.24) is 4.90 Å². The fourth-order valence-electron chi connectivity index (χ4n) is 3.88. The minimum atomic E-state index is -1.09. The van der Waals surface area contributed by atoms with E-state index in [1.807, 2.05) is 6.92 Å². The Labute approximate surface area is 200 Å². The number of rotatable bonds is 6. The number of imide groups is 1. The number of nitro benzene ring substituents is 1. The first kappa shape index (κ1) is 23.1. The van der Waals surface area contributed by atoms with Gasteiger partial charge in [-0.1, -0.05) is 53.6 Å². The number of hydrogen-bond acceptors (Lipinski definition) is 5. The quantitative estimate of drug-likeness (QED) is 0.295. The van der Waals surface area contributed by atoms with Crippen LogP contribution in [0.15, 0.2) is 72.8 Å². The standard InChI is InChI=1S/C25H20ClN3O5/c1-16-9-11-19(12-10-16)28-23(30)14-22(25(28)32)27(15-18-5-2-3-8-21(18)26)24(31)17-6-4-7-20(13-17)29(33)34/h2-13,22H,14-15H2,1H3. The molecule has 0 bridgehead atoms. The predicted octanol–water partition coefficient (Wildman–Crippen LogP) is 4.53. The number of benzene rings is 3. The molecule has 1 saturated heterocycles. The number of anilines is 1. The van der Waals surface area contributed by atoms with E-state index in [1.54, 1.807) is 48.5 Å². The van der Waals surface area contributed by atoms with Crippen molar-refractivity contribution in [2.45, 2.75) is 25.9 Å². The molecule has 1 aliphatic rings. The van der Waals surface area contributed by atoms with E-state index < -0.39 is 28.7 Å². The molecule has 3 aromatic carbocycles. The summed E-state index contributed by atoms with van der Waals surface area (Å²) in [5, 5.41) is 11.6. The lowest BCUT2D eigenvalue weighted by Gasteiger charge is -2.28. The summed E-state index contributed by atoms with van der Waals surface area (Å²) in [5.74, 6) is -1.59. The van der Waals surface area contributed by atoms with Gasteiger partial charge >= 0.3 is 0 Å². The Hall–Kier alpha value is -4.04. The first-order chi connectivity index (χ1) is 16.3. The molecule has 1 aliphatic heterocycles. The lowest BCUT2D eigenvalue weighted by molar-refractivity contribution is -0.384. The van der Waals surface area contributed by atoms with Crippen LogP contribution in [0.2, 0.25) is 5.02 Å². The monoisotopic (exact) mass is 477 g/mol. The van der Waals surface area contributed by atoms with Crippen molar-refractivity contribution >= 4 is 40.7 Å². The first-order valence-electron chi connectivity index (χ1n) is 10.5. The Morgan fingerprint density at radius 1 is 1.09 bits per heavy atom. The van der Waals surface area contributed by atoms with Gasteiger partial charge in [0.25, 0.3) is 17.5 Å². The minimum absolute atomic E-state index is 0.0373. The van der Waals surface area contributed by atoms with Crippen molar-refractivity contribution in [2.24, 2.45) is 0 Å². The fraction of sp³-hybridized carbons (Fsp3) is 0.160. The maximum absolute atomic E-state index is 13.5. The van der Waals surface area contributed by atoms with E-state index in [0.717, 1.165) is 16.5 Å². The van der Waals surface area contributed by atoms with Crippen molar-refractivity contribution in [3.05, 3.63) is 105 Å². The average Bonchev–Trinajstić information content (AvgIpc) is 3.12. The van der Waals surface area contributed by atoms with Crippen molar-refractivity contribution in [2.75, 3.05) is 4.90 Å². The predicted molar refractivity (Wildman–Crippen MR) is 126 cm³/mol. The number of non-ortho nitro benzene ring substituents is 1. The van der Waals surface area contributed by atoms with E-state index >= 15 is 0 Å². The maximum Gasteiger partial charge on any atom is 0.270 e. The van der Waals surface area contributed by atoms with Gasteiger partial charge in [-0.25, -0.2) is 4.90 Å². The molecule has 8 nitrogen and oxygen atoms in total. The second-order valence-corrected chi connectivity index (χ2v) is 8.36. The van der Waals surface area contributed by atoms with E-state index in [1.165, 1.54) is 23.1 Å². The Morgan fingerprint density at radius 2 is 1.79 bits per heavy atom. The molecule has 1 heterocycles. The van der Waals surface area contributed by atoms with Crippen molar-refractivity contribution in [1.29, 1.82) is 0 Å². The van der Waals surface area contributed by atoms with E-state index in [-0.39, 0.29) is 24.2 Å². The molecule has 1 fully saturated rings. The molecule has 3 amide bonds. The number of nitro groups is 1. The second-order valence-electron chi connectivity index (χ2n) is 7.95. The molecule has 3 aromatic rings. The van der Waals surface area contributed by atoms with Gasteiger partial charge in [0.05, 0.1) is 17.0 Å². The van der Waals surface area contributed by atoms with Crippen LogP contribution < -0.4 is 4.90 Å². The number of nitrogens with zero attached hydrogens (tertiary/aromatic N) is 3. The van der Waals surface area contributed by atoms with Crippen LogP contribution in [0.5, 0.6) is 0 Å². The lowest BCUT2D eigenvalue weighted by Crippen LogP contribution is -2.45. The van der Waals surface area contributed by atoms with E-state index in [9.17, 15) is 24.5 Å². The summed E-state index contributed by atoms with van der Waals surface area (Å²) in [6, 6.07) is 18.0. The molecule has 0 aliphatic carbocycles. The smallest absolute Gasteiger partial charge is 0.270 e. The summed E-state index contributed by atoms with van der Waals surface area (Å²) in [4.78, 5) is 52.7. The third-order valence-corrected chi connectivity index (χ3v) is 6.02. The molecule has 9 heteroatoms. The van der Waals surface area contributed by atoms with Crippen LogP contribution in [0, 0.1) is 17.0 Å². The number of carbonyl (C=O) groups excluding carboxylic acids is 3. The molecule has 4 rings (SSSR count). The van der Waals surface area contributed by atoms with Crippen LogP contribution in [0.4, 0.5) is 11.4 Å². The zero-order chi connectivity index (χ0) is 24.4. The highest BCUT2D eigenvalue weighted by Crippen LogP contribution is 2.29. The van der Waals surface area contributed by atoms with Crippen molar-refractivity contribution in [3.63, 3.8) is 0 Å². The van der Waals surface area contributed by atoms with Crippen LogP contribution in [0.25, 0.3) is 0 Å².